The van der Waals surface area contributed by atoms with E-state index < -0.39 is 5.97 Å². The summed E-state index contributed by atoms with van der Waals surface area (Å²) in [6.45, 7) is 4.52. The van der Waals surface area contributed by atoms with Crippen molar-refractivity contribution in [2.75, 3.05) is 19.7 Å². The summed E-state index contributed by atoms with van der Waals surface area (Å²) in [5, 5.41) is 8.55. The highest BCUT2D eigenvalue weighted by atomic mass is 16.5. The number of hydrogen-bond donors (Lipinski definition) is 1. The SMILES string of the molecule is Cc1ccoc1CN1CCC(OCC(=O)O)CC1. The van der Waals surface area contributed by atoms with E-state index in [4.69, 9.17) is 14.3 Å². The van der Waals surface area contributed by atoms with Gasteiger partial charge in [0, 0.05) is 13.1 Å². The highest BCUT2D eigenvalue weighted by molar-refractivity contribution is 5.68. The molecule has 0 aliphatic carbocycles. The number of likely N-dealkylation sites (tertiary alicyclic amines) is 1. The zero-order chi connectivity index (χ0) is 13.0. The summed E-state index contributed by atoms with van der Waals surface area (Å²) in [4.78, 5) is 12.7. The highest BCUT2D eigenvalue weighted by Crippen LogP contribution is 2.18. The monoisotopic (exact) mass is 253 g/mol. The third-order valence-corrected chi connectivity index (χ3v) is 3.31. The summed E-state index contributed by atoms with van der Waals surface area (Å²) < 4.78 is 10.7. The number of hydrogen-bond acceptors (Lipinski definition) is 4. The molecule has 0 spiro atoms. The quantitative estimate of drug-likeness (QED) is 0.864. The molecule has 0 amide bonds. The van der Waals surface area contributed by atoms with Crippen LogP contribution in [0.4, 0.5) is 0 Å². The van der Waals surface area contributed by atoms with Crippen LogP contribution in [0.3, 0.4) is 0 Å². The molecule has 1 aliphatic rings. The molecule has 2 heterocycles. The summed E-state index contributed by atoms with van der Waals surface area (Å²) in [5.41, 5.74) is 1.18. The lowest BCUT2D eigenvalue weighted by atomic mass is 10.1. The van der Waals surface area contributed by atoms with Gasteiger partial charge in [-0.3, -0.25) is 4.90 Å². The Morgan fingerprint density at radius 1 is 1.56 bits per heavy atom. The first-order valence-electron chi connectivity index (χ1n) is 6.24. The largest absolute Gasteiger partial charge is 0.480 e. The van der Waals surface area contributed by atoms with E-state index in [-0.39, 0.29) is 12.7 Å². The van der Waals surface area contributed by atoms with Gasteiger partial charge in [-0.15, -0.1) is 0 Å². The summed E-state index contributed by atoms with van der Waals surface area (Å²) in [7, 11) is 0. The normalized spacial score (nSPS) is 18.1. The Morgan fingerprint density at radius 3 is 2.83 bits per heavy atom. The predicted molar refractivity (Wildman–Crippen MR) is 65.3 cm³/mol. The Morgan fingerprint density at radius 2 is 2.28 bits per heavy atom. The zero-order valence-electron chi connectivity index (χ0n) is 10.6. The van der Waals surface area contributed by atoms with Crippen LogP contribution in [0.15, 0.2) is 16.7 Å². The number of carboxylic acid groups (broad SMARTS) is 1. The van der Waals surface area contributed by atoms with Crippen LogP contribution in [0.1, 0.15) is 24.2 Å². The number of carboxylic acids is 1. The van der Waals surface area contributed by atoms with Gasteiger partial charge in [-0.2, -0.15) is 0 Å². The molecule has 1 saturated heterocycles. The Labute approximate surface area is 106 Å². The molecule has 0 saturated carbocycles. The number of furan rings is 1. The van der Waals surface area contributed by atoms with Gasteiger partial charge >= 0.3 is 5.97 Å². The third kappa shape index (κ3) is 3.58. The van der Waals surface area contributed by atoms with Gasteiger partial charge in [0.1, 0.15) is 12.4 Å². The number of nitrogens with zero attached hydrogens (tertiary/aromatic N) is 1. The van der Waals surface area contributed by atoms with E-state index in [0.717, 1.165) is 38.2 Å². The minimum atomic E-state index is -0.899. The van der Waals surface area contributed by atoms with E-state index in [1.54, 1.807) is 6.26 Å². The molecule has 1 N–H and O–H groups in total. The third-order valence-electron chi connectivity index (χ3n) is 3.31. The van der Waals surface area contributed by atoms with Crippen LogP contribution in [-0.2, 0) is 16.1 Å². The van der Waals surface area contributed by atoms with Crippen molar-refractivity contribution in [1.82, 2.24) is 4.90 Å². The van der Waals surface area contributed by atoms with Crippen molar-refractivity contribution in [1.29, 1.82) is 0 Å². The molecule has 18 heavy (non-hydrogen) atoms. The van der Waals surface area contributed by atoms with Gasteiger partial charge in [0.2, 0.25) is 0 Å². The van der Waals surface area contributed by atoms with Crippen molar-refractivity contribution in [3.05, 3.63) is 23.7 Å². The van der Waals surface area contributed by atoms with Crippen molar-refractivity contribution >= 4 is 5.97 Å². The van der Waals surface area contributed by atoms with E-state index >= 15 is 0 Å². The van der Waals surface area contributed by atoms with Gasteiger partial charge in [0.15, 0.2) is 0 Å². The molecule has 5 heteroatoms. The van der Waals surface area contributed by atoms with E-state index in [0.29, 0.717) is 0 Å². The van der Waals surface area contributed by atoms with Crippen molar-refractivity contribution in [3.8, 4) is 0 Å². The maximum Gasteiger partial charge on any atom is 0.329 e. The number of ether oxygens (including phenoxy) is 1. The molecular weight excluding hydrogens is 234 g/mol. The van der Waals surface area contributed by atoms with Crippen LogP contribution < -0.4 is 0 Å². The second kappa shape index (κ2) is 6.02. The van der Waals surface area contributed by atoms with Crippen molar-refractivity contribution in [3.63, 3.8) is 0 Å². The maximum absolute atomic E-state index is 10.4. The maximum atomic E-state index is 10.4. The van der Waals surface area contributed by atoms with Gasteiger partial charge in [0.25, 0.3) is 0 Å². The van der Waals surface area contributed by atoms with Crippen LogP contribution in [-0.4, -0.2) is 41.8 Å². The molecule has 0 unspecified atom stereocenters. The second-order valence-corrected chi connectivity index (χ2v) is 4.71. The first-order chi connectivity index (χ1) is 8.65. The molecule has 1 fully saturated rings. The zero-order valence-corrected chi connectivity index (χ0v) is 10.6. The van der Waals surface area contributed by atoms with E-state index in [9.17, 15) is 4.79 Å². The second-order valence-electron chi connectivity index (χ2n) is 4.71. The topological polar surface area (TPSA) is 62.9 Å². The number of aryl methyl sites for hydroxylation is 1. The lowest BCUT2D eigenvalue weighted by Crippen LogP contribution is -2.37. The summed E-state index contributed by atoms with van der Waals surface area (Å²) in [5.74, 6) is 0.114. The molecule has 0 radical (unpaired) electrons. The Bertz CT molecular complexity index is 393. The molecule has 1 aromatic heterocycles. The number of aliphatic carboxylic acids is 1. The Balaban J connectivity index is 1.73. The van der Waals surface area contributed by atoms with Gasteiger partial charge in [-0.05, 0) is 31.4 Å². The lowest BCUT2D eigenvalue weighted by Gasteiger charge is -2.31. The molecule has 0 bridgehead atoms. The number of rotatable bonds is 5. The number of piperidine rings is 1. The smallest absolute Gasteiger partial charge is 0.329 e. The summed E-state index contributed by atoms with van der Waals surface area (Å²) in [6.07, 6.45) is 3.56. The van der Waals surface area contributed by atoms with Gasteiger partial charge in [0.05, 0.1) is 18.9 Å². The molecule has 2 rings (SSSR count). The van der Waals surface area contributed by atoms with E-state index in [2.05, 4.69) is 4.90 Å². The Hall–Kier alpha value is -1.33. The minimum Gasteiger partial charge on any atom is -0.480 e. The minimum absolute atomic E-state index is 0.0787. The molecule has 5 nitrogen and oxygen atoms in total. The molecule has 0 aromatic carbocycles. The Kier molecular flexibility index (Phi) is 4.38. The average Bonchev–Trinajstić information content (AvgIpc) is 2.74. The molecule has 1 aliphatic heterocycles. The first kappa shape index (κ1) is 13.1. The van der Waals surface area contributed by atoms with E-state index in [1.807, 2.05) is 13.0 Å². The highest BCUT2D eigenvalue weighted by Gasteiger charge is 2.21. The van der Waals surface area contributed by atoms with Crippen molar-refractivity contribution < 1.29 is 19.1 Å². The molecule has 0 atom stereocenters. The first-order valence-corrected chi connectivity index (χ1v) is 6.24. The van der Waals surface area contributed by atoms with Crippen LogP contribution >= 0.6 is 0 Å². The van der Waals surface area contributed by atoms with Gasteiger partial charge < -0.3 is 14.3 Å². The number of carbonyl (C=O) groups is 1. The van der Waals surface area contributed by atoms with Crippen molar-refractivity contribution in [2.24, 2.45) is 0 Å². The lowest BCUT2D eigenvalue weighted by molar-refractivity contribution is -0.145. The predicted octanol–water partition coefficient (Wildman–Crippen LogP) is 1.65. The fourth-order valence-corrected chi connectivity index (χ4v) is 2.19. The van der Waals surface area contributed by atoms with Crippen LogP contribution in [0.5, 0.6) is 0 Å². The van der Waals surface area contributed by atoms with Gasteiger partial charge in [-0.25, -0.2) is 4.79 Å². The average molecular weight is 253 g/mol. The fourth-order valence-electron chi connectivity index (χ4n) is 2.19. The molecular formula is C13H19NO4. The van der Waals surface area contributed by atoms with Gasteiger partial charge in [-0.1, -0.05) is 0 Å². The molecule has 1 aromatic rings. The van der Waals surface area contributed by atoms with Crippen molar-refractivity contribution in [2.45, 2.75) is 32.4 Å². The molecule has 100 valence electrons. The fraction of sp³-hybridized carbons (Fsp3) is 0.615. The summed E-state index contributed by atoms with van der Waals surface area (Å²) >= 11 is 0. The van der Waals surface area contributed by atoms with Crippen LogP contribution in [0.25, 0.3) is 0 Å². The van der Waals surface area contributed by atoms with Crippen LogP contribution in [0.2, 0.25) is 0 Å². The standard InChI is InChI=1S/C13H19NO4/c1-10-4-7-17-12(10)8-14-5-2-11(3-6-14)18-9-13(15)16/h4,7,11H,2-3,5-6,8-9H2,1H3,(H,15,16). The van der Waals surface area contributed by atoms with E-state index in [1.165, 1.54) is 5.56 Å². The van der Waals surface area contributed by atoms with Crippen LogP contribution in [0, 0.1) is 6.92 Å². The summed E-state index contributed by atoms with van der Waals surface area (Å²) in [6, 6.07) is 1.97.